The van der Waals surface area contributed by atoms with Gasteiger partial charge in [0.15, 0.2) is 5.13 Å². The van der Waals surface area contributed by atoms with E-state index in [0.29, 0.717) is 26.1 Å². The summed E-state index contributed by atoms with van der Waals surface area (Å²) in [6.07, 6.45) is 4.02. The van der Waals surface area contributed by atoms with Crippen LogP contribution in [0.5, 0.6) is 0 Å². The van der Waals surface area contributed by atoms with Crippen molar-refractivity contribution in [2.24, 2.45) is 0 Å². The van der Waals surface area contributed by atoms with E-state index in [-0.39, 0.29) is 10.8 Å². The van der Waals surface area contributed by atoms with E-state index in [2.05, 4.69) is 9.88 Å². The number of amides is 1. The Kier molecular flexibility index (Phi) is 5.65. The maximum absolute atomic E-state index is 13.2. The summed E-state index contributed by atoms with van der Waals surface area (Å²) >= 11 is 1.59. The zero-order valence-corrected chi connectivity index (χ0v) is 17.2. The second kappa shape index (κ2) is 8.18. The van der Waals surface area contributed by atoms with Crippen LogP contribution in [0, 0.1) is 0 Å². The van der Waals surface area contributed by atoms with Crippen LogP contribution in [0.2, 0.25) is 0 Å². The summed E-state index contributed by atoms with van der Waals surface area (Å²) < 4.78 is 27.7. The molecule has 2 aliphatic heterocycles. The number of carbonyl (C=O) groups excluding carboxylic acids is 1. The zero-order valence-electron chi connectivity index (χ0n) is 15.6. The van der Waals surface area contributed by atoms with E-state index in [4.69, 9.17) is 0 Å². The van der Waals surface area contributed by atoms with Crippen molar-refractivity contribution in [2.45, 2.75) is 30.2 Å². The van der Waals surface area contributed by atoms with Crippen molar-refractivity contribution in [3.05, 3.63) is 41.9 Å². The van der Waals surface area contributed by atoms with Gasteiger partial charge in [-0.1, -0.05) is 24.6 Å². The molecule has 0 bridgehead atoms. The molecular formula is C19H24N4O3S2. The average molecular weight is 421 g/mol. The number of aromatic nitrogens is 1. The van der Waals surface area contributed by atoms with Crippen LogP contribution >= 0.6 is 11.3 Å². The van der Waals surface area contributed by atoms with Crippen LogP contribution in [0.3, 0.4) is 0 Å². The number of piperidine rings is 1. The van der Waals surface area contributed by atoms with Gasteiger partial charge in [-0.25, -0.2) is 13.4 Å². The molecule has 2 saturated heterocycles. The van der Waals surface area contributed by atoms with Crippen molar-refractivity contribution >= 4 is 32.4 Å². The highest BCUT2D eigenvalue weighted by molar-refractivity contribution is 7.89. The largest absolute Gasteiger partial charge is 0.345 e. The maximum Gasteiger partial charge on any atom is 0.243 e. The molecule has 3 heterocycles. The van der Waals surface area contributed by atoms with Gasteiger partial charge >= 0.3 is 0 Å². The lowest BCUT2D eigenvalue weighted by Crippen LogP contribution is -2.57. The minimum Gasteiger partial charge on any atom is -0.345 e. The highest BCUT2D eigenvalue weighted by Gasteiger charge is 2.40. The summed E-state index contributed by atoms with van der Waals surface area (Å²) in [6.45, 7) is 3.02. The van der Waals surface area contributed by atoms with Crippen LogP contribution in [0.25, 0.3) is 0 Å². The Bertz CT molecular complexity index is 895. The number of piperazine rings is 1. The summed E-state index contributed by atoms with van der Waals surface area (Å²) in [7, 11) is -3.67. The van der Waals surface area contributed by atoms with Crippen molar-refractivity contribution in [3.63, 3.8) is 0 Å². The molecule has 0 aliphatic carbocycles. The first kappa shape index (κ1) is 19.4. The molecule has 0 spiro atoms. The molecule has 7 nitrogen and oxygen atoms in total. The molecule has 1 amide bonds. The number of anilines is 1. The fourth-order valence-electron chi connectivity index (χ4n) is 3.87. The minimum atomic E-state index is -3.67. The lowest BCUT2D eigenvalue weighted by atomic mass is 10.0. The van der Waals surface area contributed by atoms with Crippen molar-refractivity contribution in [1.29, 1.82) is 0 Å². The van der Waals surface area contributed by atoms with E-state index in [1.807, 2.05) is 10.3 Å². The third kappa shape index (κ3) is 3.78. The monoisotopic (exact) mass is 420 g/mol. The number of rotatable bonds is 4. The van der Waals surface area contributed by atoms with Gasteiger partial charge in [0, 0.05) is 44.3 Å². The molecule has 2 aliphatic rings. The fraction of sp³-hybridized carbons (Fsp3) is 0.474. The van der Waals surface area contributed by atoms with E-state index in [1.165, 1.54) is 4.31 Å². The third-order valence-corrected chi connectivity index (χ3v) is 8.12. The number of thiazole rings is 1. The van der Waals surface area contributed by atoms with Gasteiger partial charge in [0.25, 0.3) is 0 Å². The van der Waals surface area contributed by atoms with E-state index >= 15 is 0 Å². The van der Waals surface area contributed by atoms with E-state index < -0.39 is 16.1 Å². The Morgan fingerprint density at radius 2 is 1.79 bits per heavy atom. The molecule has 0 saturated carbocycles. The normalized spacial score (nSPS) is 21.6. The minimum absolute atomic E-state index is 0.0713. The quantitative estimate of drug-likeness (QED) is 0.757. The molecule has 1 aromatic carbocycles. The van der Waals surface area contributed by atoms with Gasteiger partial charge in [0.1, 0.15) is 6.04 Å². The van der Waals surface area contributed by atoms with Gasteiger partial charge in [-0.15, -0.1) is 11.3 Å². The highest BCUT2D eigenvalue weighted by atomic mass is 32.2. The molecule has 1 atom stereocenters. The van der Waals surface area contributed by atoms with Crippen LogP contribution in [0.15, 0.2) is 46.8 Å². The maximum atomic E-state index is 13.2. The average Bonchev–Trinajstić information content (AvgIpc) is 3.29. The number of carbonyl (C=O) groups is 1. The van der Waals surface area contributed by atoms with Crippen LogP contribution in [-0.4, -0.2) is 67.3 Å². The molecule has 9 heteroatoms. The van der Waals surface area contributed by atoms with Gasteiger partial charge in [-0.3, -0.25) is 4.79 Å². The molecule has 2 aromatic rings. The Morgan fingerprint density at radius 3 is 2.46 bits per heavy atom. The van der Waals surface area contributed by atoms with Gasteiger partial charge in [0.2, 0.25) is 15.9 Å². The second-order valence-corrected chi connectivity index (χ2v) is 9.83. The molecule has 1 unspecified atom stereocenters. The molecule has 1 aromatic heterocycles. The summed E-state index contributed by atoms with van der Waals surface area (Å²) in [4.78, 5) is 21.8. The number of hydrogen-bond donors (Lipinski definition) is 0. The number of benzene rings is 1. The van der Waals surface area contributed by atoms with E-state index in [1.54, 1.807) is 47.9 Å². The number of nitrogens with zero attached hydrogens (tertiary/aromatic N) is 4. The zero-order chi connectivity index (χ0) is 19.6. The summed E-state index contributed by atoms with van der Waals surface area (Å²) in [5.74, 6) is -0.0713. The third-order valence-electron chi connectivity index (χ3n) is 5.37. The smallest absolute Gasteiger partial charge is 0.243 e. The van der Waals surface area contributed by atoms with Crippen molar-refractivity contribution < 1.29 is 13.2 Å². The Balaban J connectivity index is 1.48. The highest BCUT2D eigenvalue weighted by Crippen LogP contribution is 2.27. The summed E-state index contributed by atoms with van der Waals surface area (Å²) in [5.41, 5.74) is 0. The lowest BCUT2D eigenvalue weighted by Gasteiger charge is -2.40. The van der Waals surface area contributed by atoms with Gasteiger partial charge in [-0.05, 0) is 25.0 Å². The van der Waals surface area contributed by atoms with E-state index in [9.17, 15) is 13.2 Å². The first-order valence-corrected chi connectivity index (χ1v) is 11.9. The Hall–Kier alpha value is -1.97. The second-order valence-electron chi connectivity index (χ2n) is 7.07. The van der Waals surface area contributed by atoms with Gasteiger partial charge in [0.05, 0.1) is 4.90 Å². The molecule has 4 rings (SSSR count). The molecule has 28 heavy (non-hydrogen) atoms. The molecular weight excluding hydrogens is 396 g/mol. The molecule has 0 radical (unpaired) electrons. The van der Waals surface area contributed by atoms with Crippen molar-refractivity contribution in [2.75, 3.05) is 37.6 Å². The SMILES string of the molecule is O=C(C1CCCCN1S(=O)(=O)c1ccccc1)N1CCN(c2nccs2)CC1. The summed E-state index contributed by atoms with van der Waals surface area (Å²) in [5, 5.41) is 2.92. The fourth-order valence-corrected chi connectivity index (χ4v) is 6.24. The van der Waals surface area contributed by atoms with Crippen molar-refractivity contribution in [3.8, 4) is 0 Å². The van der Waals surface area contributed by atoms with Crippen molar-refractivity contribution in [1.82, 2.24) is 14.2 Å². The predicted molar refractivity (Wildman–Crippen MR) is 109 cm³/mol. The first-order valence-electron chi connectivity index (χ1n) is 9.57. The van der Waals surface area contributed by atoms with Crippen LogP contribution in [0.4, 0.5) is 5.13 Å². The molecule has 0 N–H and O–H groups in total. The van der Waals surface area contributed by atoms with Crippen LogP contribution in [-0.2, 0) is 14.8 Å². The Labute approximate surface area is 169 Å². The molecule has 150 valence electrons. The van der Waals surface area contributed by atoms with Crippen LogP contribution < -0.4 is 4.90 Å². The van der Waals surface area contributed by atoms with Gasteiger partial charge < -0.3 is 9.80 Å². The first-order chi connectivity index (χ1) is 13.6. The van der Waals surface area contributed by atoms with E-state index in [0.717, 1.165) is 31.1 Å². The molecule has 2 fully saturated rings. The lowest BCUT2D eigenvalue weighted by molar-refractivity contribution is -0.136. The topological polar surface area (TPSA) is 73.8 Å². The predicted octanol–water partition coefficient (Wildman–Crippen LogP) is 2.04. The Morgan fingerprint density at radius 1 is 1.04 bits per heavy atom. The standard InChI is InChI=1S/C19H24N4O3S2/c24-18(21-11-13-22(14-12-21)19-20-9-15-27-19)17-8-4-5-10-23(17)28(25,26)16-6-2-1-3-7-16/h1-3,6-7,9,15,17H,4-5,8,10-14H2. The van der Waals surface area contributed by atoms with Crippen LogP contribution in [0.1, 0.15) is 19.3 Å². The van der Waals surface area contributed by atoms with Gasteiger partial charge in [-0.2, -0.15) is 4.31 Å². The number of sulfonamides is 1. The summed E-state index contributed by atoms with van der Waals surface area (Å²) in [6, 6.07) is 7.80. The number of hydrogen-bond acceptors (Lipinski definition) is 6.